The van der Waals surface area contributed by atoms with Gasteiger partial charge in [0.25, 0.3) is 11.8 Å². The highest BCUT2D eigenvalue weighted by molar-refractivity contribution is 6.35. The number of aromatic nitrogens is 1. The van der Waals surface area contributed by atoms with E-state index in [1.807, 2.05) is 35.5 Å². The van der Waals surface area contributed by atoms with Crippen LogP contribution in [0.1, 0.15) is 51.1 Å². The number of rotatable bonds is 6. The van der Waals surface area contributed by atoms with Crippen LogP contribution in [0, 0.1) is 18.2 Å². The van der Waals surface area contributed by atoms with Gasteiger partial charge >= 0.3 is 0 Å². The topological polar surface area (TPSA) is 68.8 Å². The lowest BCUT2D eigenvalue weighted by molar-refractivity contribution is 0.0984. The monoisotopic (exact) mass is 663 g/mol. The maximum atomic E-state index is 14.1. The molecule has 2 amide bonds. The molecule has 0 saturated carbocycles. The summed E-state index contributed by atoms with van der Waals surface area (Å²) < 4.78 is 13.8. The lowest BCUT2D eigenvalue weighted by Gasteiger charge is -2.36. The van der Waals surface area contributed by atoms with Crippen molar-refractivity contribution in [3.63, 3.8) is 0 Å². The molecule has 246 valence electrons. The Hall–Kier alpha value is -4.53. The highest BCUT2D eigenvalue weighted by atomic mass is 35.5. The molecule has 7 rings (SSSR count). The molecule has 3 aliphatic rings. The van der Waals surface area contributed by atoms with Gasteiger partial charge in [0.15, 0.2) is 0 Å². The third kappa shape index (κ3) is 6.73. The molecular formula is C39H39ClFN5O2. The summed E-state index contributed by atoms with van der Waals surface area (Å²) in [7, 11) is 0. The fourth-order valence-electron chi connectivity index (χ4n) is 7.46. The number of carbonyl (C=O) groups is 2. The van der Waals surface area contributed by atoms with Gasteiger partial charge in [0.05, 0.1) is 10.6 Å². The second-order valence-corrected chi connectivity index (χ2v) is 13.7. The van der Waals surface area contributed by atoms with E-state index in [9.17, 15) is 14.0 Å². The number of nitrogens with zero attached hydrogens (tertiary/aromatic N) is 4. The number of nitrogens with one attached hydrogen (secondary N) is 1. The first-order valence-electron chi connectivity index (χ1n) is 16.6. The van der Waals surface area contributed by atoms with Crippen LogP contribution in [0.5, 0.6) is 0 Å². The predicted molar refractivity (Wildman–Crippen MR) is 190 cm³/mol. The smallest absolute Gasteiger partial charge is 0.259 e. The van der Waals surface area contributed by atoms with Crippen LogP contribution in [0.2, 0.25) is 5.02 Å². The Morgan fingerprint density at radius 3 is 2.50 bits per heavy atom. The van der Waals surface area contributed by atoms with Gasteiger partial charge in [0, 0.05) is 74.3 Å². The van der Waals surface area contributed by atoms with Gasteiger partial charge in [-0.1, -0.05) is 47.5 Å². The number of carbonyl (C=O) groups excluding carboxylic acids is 2. The molecule has 7 nitrogen and oxygen atoms in total. The van der Waals surface area contributed by atoms with Crippen molar-refractivity contribution in [1.29, 1.82) is 0 Å². The number of allylic oxidation sites excluding steroid dienone is 1. The lowest BCUT2D eigenvalue weighted by Crippen LogP contribution is -2.46. The van der Waals surface area contributed by atoms with Crippen LogP contribution in [0.25, 0.3) is 0 Å². The molecule has 1 N–H and O–H groups in total. The molecule has 1 aliphatic carbocycles. The number of hydrogen-bond donors (Lipinski definition) is 1. The molecule has 1 saturated heterocycles. The summed E-state index contributed by atoms with van der Waals surface area (Å²) in [5, 5.41) is 3.03. The second-order valence-electron chi connectivity index (χ2n) is 13.3. The van der Waals surface area contributed by atoms with Crippen LogP contribution in [-0.4, -0.2) is 61.0 Å². The molecule has 3 heterocycles. The predicted octanol–water partition coefficient (Wildman–Crippen LogP) is 7.56. The third-order valence-electron chi connectivity index (χ3n) is 10.1. The van der Waals surface area contributed by atoms with Crippen LogP contribution in [0.3, 0.4) is 0 Å². The van der Waals surface area contributed by atoms with Crippen molar-refractivity contribution in [3.8, 4) is 0 Å². The Kier molecular flexibility index (Phi) is 9.03. The molecule has 0 bridgehead atoms. The molecule has 1 spiro atoms. The van der Waals surface area contributed by atoms with E-state index in [-0.39, 0.29) is 21.9 Å². The number of pyridine rings is 1. The lowest BCUT2D eigenvalue weighted by atomic mass is 9.79. The number of amides is 2. The van der Waals surface area contributed by atoms with E-state index in [1.54, 1.807) is 31.2 Å². The standard InChI is InChI=1S/C39H39ClFN5O2/c1-27-6-7-30(41)22-34(27)37(47)43-31-8-9-33(35(40)23-31)38(48)46-17-14-39(25-29-4-2-3-5-36(29)46)13-10-28(24-39)26-44-18-20-45(21-19-44)32-11-15-42-16-12-32/h2-9,11-12,15-16,22-24H,10,13-14,17-21,25-26H2,1H3,(H,43,47). The third-order valence-corrected chi connectivity index (χ3v) is 10.4. The maximum Gasteiger partial charge on any atom is 0.259 e. The van der Waals surface area contributed by atoms with Crippen LogP contribution >= 0.6 is 11.6 Å². The summed E-state index contributed by atoms with van der Waals surface area (Å²) in [6, 6.07) is 21.4. The van der Waals surface area contributed by atoms with Crippen molar-refractivity contribution in [2.75, 3.05) is 54.4 Å². The van der Waals surface area contributed by atoms with E-state index < -0.39 is 11.7 Å². The normalized spacial score (nSPS) is 19.5. The van der Waals surface area contributed by atoms with Crippen molar-refractivity contribution in [2.24, 2.45) is 5.41 Å². The molecule has 0 radical (unpaired) electrons. The summed E-state index contributed by atoms with van der Waals surface area (Å²) in [6.07, 6.45) is 10.2. The van der Waals surface area contributed by atoms with Gasteiger partial charge < -0.3 is 15.1 Å². The summed E-state index contributed by atoms with van der Waals surface area (Å²) in [5.41, 5.74) is 6.53. The Balaban J connectivity index is 1.04. The molecule has 48 heavy (non-hydrogen) atoms. The first-order chi connectivity index (χ1) is 23.3. The Morgan fingerprint density at radius 2 is 1.71 bits per heavy atom. The van der Waals surface area contributed by atoms with Crippen molar-refractivity contribution < 1.29 is 14.0 Å². The van der Waals surface area contributed by atoms with Crippen molar-refractivity contribution >= 4 is 40.5 Å². The minimum atomic E-state index is -0.482. The van der Waals surface area contributed by atoms with Crippen molar-refractivity contribution in [1.82, 2.24) is 9.88 Å². The number of anilines is 3. The van der Waals surface area contributed by atoms with Gasteiger partial charge in [-0.2, -0.15) is 0 Å². The quantitative estimate of drug-likeness (QED) is 0.216. The minimum absolute atomic E-state index is 0.00625. The molecule has 1 aromatic heterocycles. The molecule has 9 heteroatoms. The van der Waals surface area contributed by atoms with Gasteiger partial charge in [0.1, 0.15) is 5.82 Å². The van der Waals surface area contributed by atoms with E-state index in [1.165, 1.54) is 23.4 Å². The van der Waals surface area contributed by atoms with Crippen LogP contribution in [-0.2, 0) is 6.42 Å². The molecular weight excluding hydrogens is 625 g/mol. The Morgan fingerprint density at radius 1 is 0.917 bits per heavy atom. The van der Waals surface area contributed by atoms with E-state index in [4.69, 9.17) is 11.6 Å². The fourth-order valence-corrected chi connectivity index (χ4v) is 7.72. The van der Waals surface area contributed by atoms with E-state index in [2.05, 4.69) is 44.4 Å². The summed E-state index contributed by atoms with van der Waals surface area (Å²) in [6.45, 7) is 7.41. The largest absolute Gasteiger partial charge is 0.369 e. The Bertz CT molecular complexity index is 1870. The number of para-hydroxylation sites is 1. The SMILES string of the molecule is Cc1ccc(F)cc1C(=O)Nc1ccc(C(=O)N2CCC3(C=C(CN4CCN(c5ccncc5)CC4)CC3)Cc3ccccc32)c(Cl)c1. The number of benzene rings is 3. The summed E-state index contributed by atoms with van der Waals surface area (Å²) in [5.74, 6) is -1.09. The fraction of sp³-hybridized carbons (Fsp3) is 0.308. The van der Waals surface area contributed by atoms with Gasteiger partial charge in [-0.15, -0.1) is 0 Å². The summed E-state index contributed by atoms with van der Waals surface area (Å²) in [4.78, 5) is 38.0. The first kappa shape index (κ1) is 32.0. The van der Waals surface area contributed by atoms with Crippen molar-refractivity contribution in [2.45, 2.75) is 32.6 Å². The number of fused-ring (bicyclic) bond motifs is 1. The first-order valence-corrected chi connectivity index (χ1v) is 17.0. The maximum absolute atomic E-state index is 14.1. The van der Waals surface area contributed by atoms with Crippen molar-refractivity contribution in [3.05, 3.63) is 130 Å². The number of hydrogen-bond acceptors (Lipinski definition) is 5. The van der Waals surface area contributed by atoms with E-state index in [0.717, 1.165) is 69.7 Å². The summed E-state index contributed by atoms with van der Waals surface area (Å²) >= 11 is 6.69. The van der Waals surface area contributed by atoms with Crippen LogP contribution < -0.4 is 15.1 Å². The van der Waals surface area contributed by atoms with E-state index >= 15 is 0 Å². The van der Waals surface area contributed by atoms with E-state index in [0.29, 0.717) is 23.4 Å². The zero-order chi connectivity index (χ0) is 33.3. The second kappa shape index (κ2) is 13.5. The average molecular weight is 664 g/mol. The molecule has 2 aliphatic heterocycles. The average Bonchev–Trinajstić information content (AvgIpc) is 3.40. The van der Waals surface area contributed by atoms with Gasteiger partial charge in [0.2, 0.25) is 0 Å². The zero-order valence-corrected chi connectivity index (χ0v) is 27.8. The van der Waals surface area contributed by atoms with Crippen LogP contribution in [0.4, 0.5) is 21.5 Å². The van der Waals surface area contributed by atoms with Gasteiger partial charge in [-0.05, 0) is 97.7 Å². The number of aryl methyl sites for hydroxylation is 1. The highest BCUT2D eigenvalue weighted by Gasteiger charge is 2.38. The highest BCUT2D eigenvalue weighted by Crippen LogP contribution is 2.46. The molecule has 4 aromatic rings. The van der Waals surface area contributed by atoms with Gasteiger partial charge in [-0.25, -0.2) is 4.39 Å². The van der Waals surface area contributed by atoms with Crippen LogP contribution in [0.15, 0.2) is 96.8 Å². The zero-order valence-electron chi connectivity index (χ0n) is 27.1. The molecule has 1 fully saturated rings. The Labute approximate surface area is 286 Å². The number of halogens is 2. The minimum Gasteiger partial charge on any atom is -0.369 e. The molecule has 3 aromatic carbocycles. The number of piperazine rings is 1. The molecule has 1 atom stereocenters. The molecule has 1 unspecified atom stereocenters. The van der Waals surface area contributed by atoms with Gasteiger partial charge in [-0.3, -0.25) is 19.5 Å².